The number of hydrogen-bond acceptors (Lipinski definition) is 6. The molecule has 0 unspecified atom stereocenters. The van der Waals surface area contributed by atoms with E-state index in [1.165, 1.54) is 13.8 Å². The van der Waals surface area contributed by atoms with E-state index in [0.717, 1.165) is 21.8 Å². The molecule has 0 aromatic heterocycles. The van der Waals surface area contributed by atoms with Gasteiger partial charge in [-0.15, -0.1) is 11.8 Å². The highest BCUT2D eigenvalue weighted by atomic mass is 32.2. The number of thioether (sulfide) groups is 1. The first kappa shape index (κ1) is 32.6. The molecule has 4 N–H and O–H groups in total. The summed E-state index contributed by atoms with van der Waals surface area (Å²) >= 11 is 1.70. The number of carbonyl (C=O) groups is 1. The molecule has 37 heavy (non-hydrogen) atoms. The van der Waals surface area contributed by atoms with E-state index in [-0.39, 0.29) is 16.4 Å². The second-order valence-corrected chi connectivity index (χ2v) is 14.0. The molecule has 0 heterocycles. The number of phenolic OH excluding ortho intramolecular Hbond substituents is 1. The molecule has 0 aliphatic carbocycles. The van der Waals surface area contributed by atoms with Crippen molar-refractivity contribution in [1.82, 2.24) is 0 Å². The lowest BCUT2D eigenvalue weighted by atomic mass is 9.79. The summed E-state index contributed by atoms with van der Waals surface area (Å²) in [5.74, 6) is 1.30. The lowest BCUT2D eigenvalue weighted by Gasteiger charge is -2.28. The number of benzene rings is 2. The minimum Gasteiger partial charge on any atom is -0.507 e. The number of carboxylic acid groups (broad SMARTS) is 1. The van der Waals surface area contributed by atoms with Gasteiger partial charge < -0.3 is 25.4 Å². The molecule has 0 aliphatic heterocycles. The highest BCUT2D eigenvalue weighted by Gasteiger charge is 2.29. The van der Waals surface area contributed by atoms with Crippen molar-refractivity contribution in [3.8, 4) is 17.2 Å². The molecule has 0 aliphatic rings. The average molecular weight is 534 g/mol. The Hall–Kier alpha value is -2.38. The van der Waals surface area contributed by atoms with Crippen LogP contribution in [0.5, 0.6) is 17.2 Å². The first-order valence-corrected chi connectivity index (χ1v) is 13.5. The van der Waals surface area contributed by atoms with Gasteiger partial charge in [0.2, 0.25) is 0 Å². The topological polar surface area (TPSA) is 102 Å². The summed E-state index contributed by atoms with van der Waals surface area (Å²) in [6.07, 6.45) is 0. The van der Waals surface area contributed by atoms with E-state index in [2.05, 4.69) is 53.7 Å². The molecule has 0 bridgehead atoms. The van der Waals surface area contributed by atoms with Crippen LogP contribution < -0.4 is 15.2 Å². The summed E-state index contributed by atoms with van der Waals surface area (Å²) in [5, 5.41) is 20.0. The van der Waals surface area contributed by atoms with E-state index >= 15 is 0 Å². The molecule has 2 rings (SSSR count). The van der Waals surface area contributed by atoms with Crippen LogP contribution in [0.25, 0.3) is 0 Å². The van der Waals surface area contributed by atoms with Gasteiger partial charge in [0, 0.05) is 27.3 Å². The Balaban J connectivity index is 0.00000124. The van der Waals surface area contributed by atoms with Crippen LogP contribution in [-0.4, -0.2) is 39.7 Å². The zero-order chi connectivity index (χ0) is 28.8. The van der Waals surface area contributed by atoms with Crippen LogP contribution in [-0.2, 0) is 15.6 Å². The first-order valence-electron chi connectivity index (χ1n) is 12.6. The second-order valence-electron chi connectivity index (χ2n) is 12.8. The van der Waals surface area contributed by atoms with E-state index in [9.17, 15) is 9.90 Å². The third-order valence-corrected chi connectivity index (χ3v) is 5.97. The summed E-state index contributed by atoms with van der Waals surface area (Å²) < 4.78 is 11.3. The predicted molar refractivity (Wildman–Crippen MR) is 154 cm³/mol. The van der Waals surface area contributed by atoms with Crippen molar-refractivity contribution >= 4 is 17.7 Å². The van der Waals surface area contributed by atoms with Gasteiger partial charge in [-0.1, -0.05) is 41.5 Å². The van der Waals surface area contributed by atoms with Gasteiger partial charge in [-0.3, -0.25) is 0 Å². The molecule has 2 aromatic carbocycles. The number of hydrogen-bond donors (Lipinski definition) is 3. The van der Waals surface area contributed by atoms with Crippen LogP contribution in [0.2, 0.25) is 0 Å². The highest BCUT2D eigenvalue weighted by Crippen LogP contribution is 2.41. The lowest BCUT2D eigenvalue weighted by molar-refractivity contribution is -0.152. The molecule has 0 atom stereocenters. The fourth-order valence-corrected chi connectivity index (χ4v) is 3.90. The molecule has 0 fully saturated rings. The minimum absolute atomic E-state index is 0. The molecular weight excluding hydrogens is 486 g/mol. The van der Waals surface area contributed by atoms with Gasteiger partial charge in [0.05, 0.1) is 6.61 Å². The standard InChI is InChI=1S/C26H36O5S.C4H11N/c1-24(2,3)20-15-19(16-21(22(20)27)25(4,5)6)32-14-13-30-17-9-11-18(12-10-17)31-26(7,8)23(28)29;1-4(2,3)5/h9-12,15-16,27H,13-14H2,1-8H3,(H,28,29);5H2,1-3H3. The van der Waals surface area contributed by atoms with Crippen LogP contribution in [0.3, 0.4) is 0 Å². The fourth-order valence-electron chi connectivity index (χ4n) is 3.10. The van der Waals surface area contributed by atoms with Crippen LogP contribution in [0.1, 0.15) is 87.3 Å². The number of carboxylic acids is 1. The Kier molecular flexibility index (Phi) is 11.0. The van der Waals surface area contributed by atoms with Gasteiger partial charge in [0.1, 0.15) is 17.2 Å². The Bertz CT molecular complexity index is 985. The Morgan fingerprint density at radius 3 is 1.62 bits per heavy atom. The summed E-state index contributed by atoms with van der Waals surface area (Å²) in [5.41, 5.74) is 5.65. The third kappa shape index (κ3) is 11.7. The van der Waals surface area contributed by atoms with Crippen LogP contribution in [0.4, 0.5) is 0 Å². The lowest BCUT2D eigenvalue weighted by Crippen LogP contribution is -2.37. The summed E-state index contributed by atoms with van der Waals surface area (Å²) in [6, 6.07) is 11.1. The number of aromatic hydroxyl groups is 1. The zero-order valence-corrected chi connectivity index (χ0v) is 25.3. The molecule has 208 valence electrons. The Labute approximate surface area is 228 Å². The molecule has 6 nitrogen and oxygen atoms in total. The van der Waals surface area contributed by atoms with Crippen molar-refractivity contribution < 1.29 is 24.5 Å². The highest BCUT2D eigenvalue weighted by molar-refractivity contribution is 7.99. The van der Waals surface area contributed by atoms with Gasteiger partial charge in [0.15, 0.2) is 5.60 Å². The number of phenols is 1. The monoisotopic (exact) mass is 533 g/mol. The molecule has 0 spiro atoms. The van der Waals surface area contributed by atoms with Crippen molar-refractivity contribution in [2.45, 2.75) is 103 Å². The minimum atomic E-state index is -1.29. The maximum atomic E-state index is 11.2. The van der Waals surface area contributed by atoms with Crippen molar-refractivity contribution in [3.05, 3.63) is 47.5 Å². The molecule has 2 aromatic rings. The molecule has 0 saturated carbocycles. The van der Waals surface area contributed by atoms with Crippen molar-refractivity contribution in [3.63, 3.8) is 0 Å². The number of nitrogens with two attached hydrogens (primary N) is 1. The Morgan fingerprint density at radius 1 is 0.838 bits per heavy atom. The van der Waals surface area contributed by atoms with Gasteiger partial charge in [0.25, 0.3) is 0 Å². The van der Waals surface area contributed by atoms with Crippen molar-refractivity contribution in [1.29, 1.82) is 0 Å². The predicted octanol–water partition coefficient (Wildman–Crippen LogP) is 7.14. The van der Waals surface area contributed by atoms with E-state index in [1.54, 1.807) is 36.0 Å². The van der Waals surface area contributed by atoms with Gasteiger partial charge in [-0.2, -0.15) is 0 Å². The fraction of sp³-hybridized carbons (Fsp3) is 0.567. The summed E-state index contributed by atoms with van der Waals surface area (Å²) in [6.45, 7) is 22.1. The molecule has 0 radical (unpaired) electrons. The summed E-state index contributed by atoms with van der Waals surface area (Å²) in [7, 11) is 0. The average Bonchev–Trinajstić information content (AvgIpc) is 2.70. The maximum Gasteiger partial charge on any atom is 0.347 e. The van der Waals surface area contributed by atoms with E-state index < -0.39 is 11.6 Å². The van der Waals surface area contributed by atoms with Crippen molar-refractivity contribution in [2.24, 2.45) is 5.73 Å². The van der Waals surface area contributed by atoms with E-state index in [4.69, 9.17) is 20.3 Å². The maximum absolute atomic E-state index is 11.2. The Morgan fingerprint density at radius 2 is 1.24 bits per heavy atom. The molecule has 0 saturated heterocycles. The third-order valence-electron chi connectivity index (χ3n) is 5.03. The van der Waals surface area contributed by atoms with Crippen LogP contribution in [0.15, 0.2) is 41.3 Å². The number of aliphatic carboxylic acids is 1. The smallest absolute Gasteiger partial charge is 0.347 e. The van der Waals surface area contributed by atoms with Crippen LogP contribution >= 0.6 is 11.8 Å². The van der Waals surface area contributed by atoms with Gasteiger partial charge >= 0.3 is 5.97 Å². The van der Waals surface area contributed by atoms with Crippen molar-refractivity contribution in [2.75, 3.05) is 12.4 Å². The number of rotatable bonds is 8. The molecular formula is C30H47NO5S. The number of ether oxygens (including phenoxy) is 2. The largest absolute Gasteiger partial charge is 0.507 e. The van der Waals surface area contributed by atoms with E-state index in [0.29, 0.717) is 23.9 Å². The van der Waals surface area contributed by atoms with Crippen LogP contribution in [0, 0.1) is 0 Å². The van der Waals surface area contributed by atoms with Gasteiger partial charge in [-0.25, -0.2) is 4.79 Å². The quantitative estimate of drug-likeness (QED) is 0.245. The second kappa shape index (κ2) is 12.4. The zero-order valence-electron chi connectivity index (χ0n) is 24.5. The first-order chi connectivity index (χ1) is 16.6. The normalized spacial score (nSPS) is 12.4. The molecule has 0 amide bonds. The molecule has 7 heteroatoms. The van der Waals surface area contributed by atoms with E-state index in [1.807, 2.05) is 20.8 Å². The summed E-state index contributed by atoms with van der Waals surface area (Å²) in [4.78, 5) is 12.3. The SMILES string of the molecule is CC(C)(C)N.CC(C)(Oc1ccc(OCCSc2cc(C(C)(C)C)c(O)c(C(C)(C)C)c2)cc1)C(=O)O. The van der Waals surface area contributed by atoms with Gasteiger partial charge in [-0.05, 0) is 81.8 Å².